The van der Waals surface area contributed by atoms with Gasteiger partial charge in [-0.3, -0.25) is 13.9 Å². The van der Waals surface area contributed by atoms with Crippen molar-refractivity contribution in [3.05, 3.63) is 59.1 Å². The number of benzene rings is 2. The topological polar surface area (TPSA) is 88.9 Å². The summed E-state index contributed by atoms with van der Waals surface area (Å²) in [5.74, 6) is 0. The molecule has 0 amide bonds. The zero-order chi connectivity index (χ0) is 17.8. The molecular weight excluding hydrogens is 340 g/mol. The molecule has 2 N–H and O–H groups in total. The summed E-state index contributed by atoms with van der Waals surface area (Å²) in [6, 6.07) is 11.9. The number of nitrogens with zero attached hydrogens (tertiary/aromatic N) is 2. The number of anilines is 1. The lowest BCUT2D eigenvalue weighted by atomic mass is 10.2. The second kappa shape index (κ2) is 5.25. The van der Waals surface area contributed by atoms with Crippen LogP contribution in [0.1, 0.15) is 0 Å². The summed E-state index contributed by atoms with van der Waals surface area (Å²) in [7, 11) is -0.514. The lowest BCUT2D eigenvalue weighted by Gasteiger charge is -2.09. The third-order valence-electron chi connectivity index (χ3n) is 4.39. The maximum atomic E-state index is 12.8. The first-order chi connectivity index (χ1) is 11.9. The smallest absolute Gasteiger partial charge is 0.328 e. The number of hydrogen-bond acceptors (Lipinski definition) is 3. The molecule has 7 nitrogen and oxygen atoms in total. The molecular formula is C17H16N4O3S. The zero-order valence-corrected chi connectivity index (χ0v) is 14.5. The Hall–Kier alpha value is -3.00. The second-order valence-corrected chi connectivity index (χ2v) is 7.59. The van der Waals surface area contributed by atoms with E-state index in [2.05, 4.69) is 9.71 Å². The van der Waals surface area contributed by atoms with Gasteiger partial charge in [0.05, 0.1) is 27.1 Å². The Morgan fingerprint density at radius 2 is 1.76 bits per heavy atom. The summed E-state index contributed by atoms with van der Waals surface area (Å²) in [6.45, 7) is 0. The Morgan fingerprint density at radius 3 is 2.56 bits per heavy atom. The normalized spacial score (nSPS) is 12.1. The van der Waals surface area contributed by atoms with Gasteiger partial charge < -0.3 is 4.98 Å². The number of sulfonamides is 1. The molecule has 4 aromatic rings. The highest BCUT2D eigenvalue weighted by Crippen LogP contribution is 2.25. The van der Waals surface area contributed by atoms with E-state index in [1.807, 2.05) is 12.1 Å². The fourth-order valence-electron chi connectivity index (χ4n) is 3.03. The van der Waals surface area contributed by atoms with Crippen LogP contribution in [-0.2, 0) is 24.1 Å². The Labute approximate surface area is 143 Å². The van der Waals surface area contributed by atoms with E-state index in [4.69, 9.17) is 0 Å². The number of imidazole rings is 1. The maximum absolute atomic E-state index is 12.8. The number of aromatic amines is 1. The average Bonchev–Trinajstić information content (AvgIpc) is 3.15. The maximum Gasteiger partial charge on any atom is 0.328 e. The van der Waals surface area contributed by atoms with Crippen LogP contribution in [0.2, 0.25) is 0 Å². The minimum absolute atomic E-state index is 0.102. The van der Waals surface area contributed by atoms with Crippen LogP contribution in [0.3, 0.4) is 0 Å². The molecule has 0 bridgehead atoms. The molecule has 0 saturated carbocycles. The summed E-state index contributed by atoms with van der Waals surface area (Å²) in [6.07, 6.45) is 1.76. The van der Waals surface area contributed by atoms with E-state index >= 15 is 0 Å². The first kappa shape index (κ1) is 15.5. The number of aryl methyl sites for hydroxylation is 2. The highest BCUT2D eigenvalue weighted by atomic mass is 32.2. The highest BCUT2D eigenvalue weighted by Gasteiger charge is 2.18. The van der Waals surface area contributed by atoms with Crippen molar-refractivity contribution in [2.45, 2.75) is 4.90 Å². The van der Waals surface area contributed by atoms with Crippen molar-refractivity contribution in [1.29, 1.82) is 0 Å². The average molecular weight is 356 g/mol. The molecule has 2 aromatic carbocycles. The number of H-pyrrole nitrogens is 1. The van der Waals surface area contributed by atoms with E-state index in [1.54, 1.807) is 38.5 Å². The molecule has 0 saturated heterocycles. The van der Waals surface area contributed by atoms with E-state index in [0.717, 1.165) is 10.9 Å². The van der Waals surface area contributed by atoms with Crippen LogP contribution in [0.25, 0.3) is 21.9 Å². The summed E-state index contributed by atoms with van der Waals surface area (Å²) >= 11 is 0. The van der Waals surface area contributed by atoms with Crippen LogP contribution >= 0.6 is 0 Å². The molecule has 0 atom stereocenters. The SMILES string of the molecule is Cn1c(=O)n(C)c2cc(S(=O)(=O)Nc3cccc4cc[nH]c34)ccc21. The van der Waals surface area contributed by atoms with Crippen LogP contribution in [0, 0.1) is 0 Å². The molecule has 4 rings (SSSR count). The number of fused-ring (bicyclic) bond motifs is 2. The molecule has 0 spiro atoms. The predicted molar refractivity (Wildman–Crippen MR) is 97.3 cm³/mol. The van der Waals surface area contributed by atoms with Gasteiger partial charge in [0, 0.05) is 25.7 Å². The molecule has 0 fully saturated rings. The van der Waals surface area contributed by atoms with E-state index in [1.165, 1.54) is 21.3 Å². The van der Waals surface area contributed by atoms with Gasteiger partial charge in [-0.25, -0.2) is 13.2 Å². The number of nitrogens with one attached hydrogen (secondary N) is 2. The van der Waals surface area contributed by atoms with Gasteiger partial charge in [-0.05, 0) is 30.3 Å². The highest BCUT2D eigenvalue weighted by molar-refractivity contribution is 7.92. The van der Waals surface area contributed by atoms with Crippen LogP contribution in [0.5, 0.6) is 0 Å². The number of aromatic nitrogens is 3. The van der Waals surface area contributed by atoms with E-state index in [0.29, 0.717) is 16.7 Å². The minimum Gasteiger partial charge on any atom is -0.359 e. The first-order valence-corrected chi connectivity index (χ1v) is 9.11. The van der Waals surface area contributed by atoms with Crippen LogP contribution in [0.15, 0.2) is 58.4 Å². The molecule has 0 aliphatic carbocycles. The van der Waals surface area contributed by atoms with Gasteiger partial charge in [-0.15, -0.1) is 0 Å². The Kier molecular flexibility index (Phi) is 3.26. The Balaban J connectivity index is 1.83. The van der Waals surface area contributed by atoms with Crippen molar-refractivity contribution in [2.75, 3.05) is 4.72 Å². The van der Waals surface area contributed by atoms with Gasteiger partial charge in [-0.2, -0.15) is 0 Å². The lowest BCUT2D eigenvalue weighted by molar-refractivity contribution is 0.601. The van der Waals surface area contributed by atoms with Crippen molar-refractivity contribution in [2.24, 2.45) is 14.1 Å². The first-order valence-electron chi connectivity index (χ1n) is 7.63. The van der Waals surface area contributed by atoms with Gasteiger partial charge in [-0.1, -0.05) is 12.1 Å². The van der Waals surface area contributed by atoms with Gasteiger partial charge in [0.1, 0.15) is 0 Å². The van der Waals surface area contributed by atoms with Crippen molar-refractivity contribution >= 4 is 37.6 Å². The quantitative estimate of drug-likeness (QED) is 0.589. The van der Waals surface area contributed by atoms with Gasteiger partial charge >= 0.3 is 5.69 Å². The third kappa shape index (κ3) is 2.33. The molecule has 2 heterocycles. The van der Waals surface area contributed by atoms with Crippen molar-refractivity contribution in [3.63, 3.8) is 0 Å². The predicted octanol–water partition coefficient (Wildman–Crippen LogP) is 2.16. The number of para-hydroxylation sites is 1. The minimum atomic E-state index is -3.79. The molecule has 0 aliphatic heterocycles. The van der Waals surface area contributed by atoms with Gasteiger partial charge in [0.2, 0.25) is 0 Å². The number of hydrogen-bond donors (Lipinski definition) is 2. The lowest BCUT2D eigenvalue weighted by Crippen LogP contribution is -2.19. The summed E-state index contributed by atoms with van der Waals surface area (Å²) < 4.78 is 31.1. The summed E-state index contributed by atoms with van der Waals surface area (Å²) in [5, 5.41) is 0.918. The molecule has 0 radical (unpaired) electrons. The fourth-order valence-corrected chi connectivity index (χ4v) is 4.12. The van der Waals surface area contributed by atoms with Crippen LogP contribution in [-0.4, -0.2) is 22.5 Å². The standard InChI is InChI=1S/C17H16N4O3S/c1-20-14-7-6-12(10-15(14)21(2)17(20)22)25(23,24)19-13-5-3-4-11-8-9-18-16(11)13/h3-10,18-19H,1-2H3. The van der Waals surface area contributed by atoms with Crippen LogP contribution < -0.4 is 10.4 Å². The van der Waals surface area contributed by atoms with Gasteiger partial charge in [0.25, 0.3) is 10.0 Å². The molecule has 8 heteroatoms. The second-order valence-electron chi connectivity index (χ2n) is 5.90. The molecule has 0 aliphatic rings. The van der Waals surface area contributed by atoms with Gasteiger partial charge in [0.15, 0.2) is 0 Å². The fraction of sp³-hybridized carbons (Fsp3) is 0.118. The Bertz CT molecular complexity index is 1280. The number of rotatable bonds is 3. The van der Waals surface area contributed by atoms with E-state index in [-0.39, 0.29) is 10.6 Å². The summed E-state index contributed by atoms with van der Waals surface area (Å²) in [4.78, 5) is 15.2. The monoisotopic (exact) mass is 356 g/mol. The molecule has 128 valence electrons. The van der Waals surface area contributed by atoms with Crippen molar-refractivity contribution < 1.29 is 8.42 Å². The largest absolute Gasteiger partial charge is 0.359 e. The molecule has 25 heavy (non-hydrogen) atoms. The molecule has 2 aromatic heterocycles. The Morgan fingerprint density at radius 1 is 1.00 bits per heavy atom. The van der Waals surface area contributed by atoms with Crippen LogP contribution in [0.4, 0.5) is 5.69 Å². The zero-order valence-electron chi connectivity index (χ0n) is 13.6. The summed E-state index contributed by atoms with van der Waals surface area (Å²) in [5.41, 5.74) is 2.24. The van der Waals surface area contributed by atoms with Crippen molar-refractivity contribution in [1.82, 2.24) is 14.1 Å². The van der Waals surface area contributed by atoms with Crippen molar-refractivity contribution in [3.8, 4) is 0 Å². The van der Waals surface area contributed by atoms with E-state index in [9.17, 15) is 13.2 Å². The third-order valence-corrected chi connectivity index (χ3v) is 5.75. The van der Waals surface area contributed by atoms with E-state index < -0.39 is 10.0 Å². The molecule has 0 unspecified atom stereocenters.